The molecule has 2 rings (SSSR count). The van der Waals surface area contributed by atoms with Gasteiger partial charge in [0.1, 0.15) is 11.6 Å². The molecule has 1 atom stereocenters. The van der Waals surface area contributed by atoms with E-state index in [-0.39, 0.29) is 0 Å². The summed E-state index contributed by atoms with van der Waals surface area (Å²) >= 11 is 3.28. The molecule has 0 fully saturated rings. The van der Waals surface area contributed by atoms with E-state index in [4.69, 9.17) is 0 Å². The molecule has 2 aromatic carbocycles. The van der Waals surface area contributed by atoms with Gasteiger partial charge >= 0.3 is 0 Å². The zero-order chi connectivity index (χ0) is 15.6. The van der Waals surface area contributed by atoms with Gasteiger partial charge in [0.25, 0.3) is 0 Å². The summed E-state index contributed by atoms with van der Waals surface area (Å²) in [5, 5.41) is 0. The molecule has 0 spiro atoms. The van der Waals surface area contributed by atoms with E-state index in [0.29, 0.717) is 5.56 Å². The minimum atomic E-state index is -4.30. The Bertz CT molecular complexity index is 745. The van der Waals surface area contributed by atoms with Gasteiger partial charge in [-0.15, -0.1) is 0 Å². The van der Waals surface area contributed by atoms with Crippen LogP contribution >= 0.6 is 15.9 Å². The molecule has 2 aromatic rings. The van der Waals surface area contributed by atoms with Gasteiger partial charge in [0.15, 0.2) is 4.90 Å². The summed E-state index contributed by atoms with van der Waals surface area (Å²) in [7, 11) is -4.30. The average Bonchev–Trinajstić information content (AvgIpc) is 2.37. The van der Waals surface area contributed by atoms with E-state index in [1.54, 1.807) is 31.2 Å². The van der Waals surface area contributed by atoms with Gasteiger partial charge in [-0.2, -0.15) is 0 Å². The first kappa shape index (κ1) is 16.1. The predicted molar refractivity (Wildman–Crippen MR) is 79.2 cm³/mol. The van der Waals surface area contributed by atoms with E-state index < -0.39 is 32.6 Å². The number of rotatable bonds is 4. The maximum atomic E-state index is 13.6. The van der Waals surface area contributed by atoms with Crippen LogP contribution in [0.3, 0.4) is 0 Å². The van der Waals surface area contributed by atoms with Crippen LogP contribution in [0.25, 0.3) is 0 Å². The van der Waals surface area contributed by atoms with Gasteiger partial charge in [-0.1, -0.05) is 34.1 Å². The molecule has 0 bridgehead atoms. The average molecular weight is 376 g/mol. The Kier molecular flexibility index (Phi) is 4.75. The Labute approximate surface area is 130 Å². The highest BCUT2D eigenvalue weighted by atomic mass is 79.9. The fourth-order valence-corrected chi connectivity index (χ4v) is 3.66. The number of hydrogen-bond acceptors (Lipinski definition) is 2. The normalized spacial score (nSPS) is 13.1. The van der Waals surface area contributed by atoms with E-state index in [9.17, 15) is 17.2 Å². The van der Waals surface area contributed by atoms with Crippen LogP contribution in [-0.2, 0) is 10.0 Å². The van der Waals surface area contributed by atoms with Crippen LogP contribution < -0.4 is 4.72 Å². The monoisotopic (exact) mass is 375 g/mol. The molecule has 1 N–H and O–H groups in total. The van der Waals surface area contributed by atoms with Crippen molar-refractivity contribution < 1.29 is 17.2 Å². The maximum absolute atomic E-state index is 13.6. The first-order chi connectivity index (χ1) is 9.81. The SMILES string of the molecule is CC(NS(=O)(=O)c1c(F)cccc1F)c1cccc(Br)c1. The molecule has 112 valence electrons. The molecule has 0 aliphatic rings. The molecule has 3 nitrogen and oxygen atoms in total. The van der Waals surface area contributed by atoms with E-state index in [0.717, 1.165) is 22.7 Å². The quantitative estimate of drug-likeness (QED) is 0.883. The van der Waals surface area contributed by atoms with E-state index >= 15 is 0 Å². The van der Waals surface area contributed by atoms with Crippen LogP contribution in [0.5, 0.6) is 0 Å². The Morgan fingerprint density at radius 3 is 2.24 bits per heavy atom. The standard InChI is InChI=1S/C14H12BrF2NO2S/c1-9(10-4-2-5-11(15)8-10)18-21(19,20)14-12(16)6-3-7-13(14)17/h2-9,18H,1H3. The van der Waals surface area contributed by atoms with Crippen LogP contribution in [0, 0.1) is 11.6 Å². The molecule has 1 unspecified atom stereocenters. The van der Waals surface area contributed by atoms with Crippen LogP contribution in [0.2, 0.25) is 0 Å². The maximum Gasteiger partial charge on any atom is 0.246 e. The third-order valence-corrected chi connectivity index (χ3v) is 4.95. The highest BCUT2D eigenvalue weighted by Crippen LogP contribution is 2.23. The lowest BCUT2D eigenvalue weighted by molar-refractivity contribution is 0.509. The molecule has 0 radical (unpaired) electrons. The first-order valence-electron chi connectivity index (χ1n) is 6.03. The van der Waals surface area contributed by atoms with Crippen molar-refractivity contribution in [3.8, 4) is 0 Å². The topological polar surface area (TPSA) is 46.2 Å². The van der Waals surface area contributed by atoms with Crippen molar-refractivity contribution in [3.63, 3.8) is 0 Å². The highest BCUT2D eigenvalue weighted by Gasteiger charge is 2.25. The smallest absolute Gasteiger partial charge is 0.207 e. The molecule has 0 heterocycles. The van der Waals surface area contributed by atoms with Gasteiger partial charge in [-0.3, -0.25) is 0 Å². The lowest BCUT2D eigenvalue weighted by Crippen LogP contribution is -2.28. The van der Waals surface area contributed by atoms with Crippen molar-refractivity contribution in [1.29, 1.82) is 0 Å². The zero-order valence-electron chi connectivity index (χ0n) is 11.0. The van der Waals surface area contributed by atoms with E-state index in [1.165, 1.54) is 0 Å². The predicted octanol–water partition coefficient (Wildman–Crippen LogP) is 3.77. The molecule has 21 heavy (non-hydrogen) atoms. The van der Waals surface area contributed by atoms with Crippen molar-refractivity contribution >= 4 is 26.0 Å². The second-order valence-electron chi connectivity index (χ2n) is 4.45. The molecule has 0 aromatic heterocycles. The number of sulfonamides is 1. The number of nitrogens with one attached hydrogen (secondary N) is 1. The minimum Gasteiger partial charge on any atom is -0.207 e. The van der Waals surface area contributed by atoms with Gasteiger partial charge in [-0.05, 0) is 36.8 Å². The van der Waals surface area contributed by atoms with Crippen molar-refractivity contribution in [3.05, 3.63) is 64.1 Å². The Morgan fingerprint density at radius 1 is 1.10 bits per heavy atom. The molecule has 0 aliphatic heterocycles. The highest BCUT2D eigenvalue weighted by molar-refractivity contribution is 9.10. The van der Waals surface area contributed by atoms with Gasteiger partial charge < -0.3 is 0 Å². The van der Waals surface area contributed by atoms with Crippen molar-refractivity contribution in [2.24, 2.45) is 0 Å². The molecular weight excluding hydrogens is 364 g/mol. The first-order valence-corrected chi connectivity index (χ1v) is 8.30. The number of benzene rings is 2. The van der Waals surface area contributed by atoms with Crippen molar-refractivity contribution in [2.45, 2.75) is 17.9 Å². The summed E-state index contributed by atoms with van der Waals surface area (Å²) in [5.41, 5.74) is 0.671. The summed E-state index contributed by atoms with van der Waals surface area (Å²) < 4.78 is 54.5. The molecule has 7 heteroatoms. The van der Waals surface area contributed by atoms with E-state index in [1.807, 2.05) is 0 Å². The molecular formula is C14H12BrF2NO2S. The summed E-state index contributed by atoms with van der Waals surface area (Å²) in [4.78, 5) is -0.966. The Balaban J connectivity index is 2.34. The van der Waals surface area contributed by atoms with Crippen LogP contribution in [0.15, 0.2) is 51.8 Å². The Morgan fingerprint density at radius 2 is 1.67 bits per heavy atom. The Hall–Kier alpha value is -1.31. The summed E-state index contributed by atoms with van der Waals surface area (Å²) in [6, 6.07) is 9.27. The summed E-state index contributed by atoms with van der Waals surface area (Å²) in [5.74, 6) is -2.24. The summed E-state index contributed by atoms with van der Waals surface area (Å²) in [6.45, 7) is 1.60. The molecule has 0 saturated heterocycles. The zero-order valence-corrected chi connectivity index (χ0v) is 13.4. The number of halogens is 3. The lowest BCUT2D eigenvalue weighted by Gasteiger charge is -2.15. The van der Waals surface area contributed by atoms with E-state index in [2.05, 4.69) is 20.7 Å². The second kappa shape index (κ2) is 6.21. The lowest BCUT2D eigenvalue weighted by atomic mass is 10.1. The molecule has 0 saturated carbocycles. The number of hydrogen-bond donors (Lipinski definition) is 1. The second-order valence-corrected chi connectivity index (χ2v) is 7.02. The van der Waals surface area contributed by atoms with Crippen LogP contribution in [0.1, 0.15) is 18.5 Å². The minimum absolute atomic E-state index is 0.633. The third-order valence-electron chi connectivity index (χ3n) is 2.87. The van der Waals surface area contributed by atoms with Gasteiger partial charge in [0, 0.05) is 10.5 Å². The third kappa shape index (κ3) is 3.66. The largest absolute Gasteiger partial charge is 0.246 e. The van der Waals surface area contributed by atoms with Gasteiger partial charge in [0.05, 0.1) is 0 Å². The van der Waals surface area contributed by atoms with Crippen LogP contribution in [-0.4, -0.2) is 8.42 Å². The fourth-order valence-electron chi connectivity index (χ4n) is 1.87. The summed E-state index contributed by atoms with van der Waals surface area (Å²) in [6.07, 6.45) is 0. The van der Waals surface area contributed by atoms with Gasteiger partial charge in [-0.25, -0.2) is 21.9 Å². The van der Waals surface area contributed by atoms with Crippen molar-refractivity contribution in [2.75, 3.05) is 0 Å². The van der Waals surface area contributed by atoms with Crippen LogP contribution in [0.4, 0.5) is 8.78 Å². The van der Waals surface area contributed by atoms with Crippen molar-refractivity contribution in [1.82, 2.24) is 4.72 Å². The molecule has 0 amide bonds. The fraction of sp³-hybridized carbons (Fsp3) is 0.143. The van der Waals surface area contributed by atoms with Gasteiger partial charge in [0.2, 0.25) is 10.0 Å². The molecule has 0 aliphatic carbocycles.